The third-order valence-corrected chi connectivity index (χ3v) is 3.10. The number of ether oxygens (including phenoxy) is 1. The predicted molar refractivity (Wildman–Crippen MR) is 73.6 cm³/mol. The second-order valence-corrected chi connectivity index (χ2v) is 4.78. The Kier molecular flexibility index (Phi) is 6.56. The molecule has 1 N–H and O–H groups in total. The van der Waals surface area contributed by atoms with Crippen LogP contribution < -0.4 is 5.32 Å². The molecule has 0 saturated carbocycles. The third-order valence-electron chi connectivity index (χ3n) is 2.86. The molecule has 0 bridgehead atoms. The first-order chi connectivity index (χ1) is 8.17. The summed E-state index contributed by atoms with van der Waals surface area (Å²) in [5.41, 5.74) is 1.23. The fourth-order valence-electron chi connectivity index (χ4n) is 1.81. The Morgan fingerprint density at radius 3 is 2.76 bits per heavy atom. The van der Waals surface area contributed by atoms with Crippen molar-refractivity contribution >= 4 is 11.6 Å². The Bertz CT molecular complexity index is 330. The van der Waals surface area contributed by atoms with Crippen molar-refractivity contribution in [1.29, 1.82) is 0 Å². The van der Waals surface area contributed by atoms with Crippen LogP contribution in [0.5, 0.6) is 0 Å². The van der Waals surface area contributed by atoms with Crippen LogP contribution in [-0.2, 0) is 4.74 Å². The van der Waals surface area contributed by atoms with Crippen molar-refractivity contribution in [1.82, 2.24) is 5.32 Å². The summed E-state index contributed by atoms with van der Waals surface area (Å²) in [6, 6.07) is 8.35. The highest BCUT2D eigenvalue weighted by molar-refractivity contribution is 6.30. The van der Waals surface area contributed by atoms with Gasteiger partial charge < -0.3 is 10.1 Å². The average Bonchev–Trinajstić information content (AvgIpc) is 2.34. The molecule has 0 radical (unpaired) electrons. The van der Waals surface area contributed by atoms with Gasteiger partial charge in [-0.15, -0.1) is 0 Å². The van der Waals surface area contributed by atoms with E-state index in [4.69, 9.17) is 16.3 Å². The Balaban J connectivity index is 2.74. The van der Waals surface area contributed by atoms with E-state index in [1.54, 1.807) is 7.11 Å². The maximum absolute atomic E-state index is 6.03. The summed E-state index contributed by atoms with van der Waals surface area (Å²) in [7, 11) is 1.75. The number of hydrogen-bond donors (Lipinski definition) is 1. The van der Waals surface area contributed by atoms with Crippen molar-refractivity contribution in [3.05, 3.63) is 34.9 Å². The van der Waals surface area contributed by atoms with Gasteiger partial charge in [0.1, 0.15) is 0 Å². The minimum atomic E-state index is 0.239. The van der Waals surface area contributed by atoms with Gasteiger partial charge >= 0.3 is 0 Å². The summed E-state index contributed by atoms with van der Waals surface area (Å²) in [5.74, 6) is 0. The van der Waals surface area contributed by atoms with E-state index in [2.05, 4.69) is 25.2 Å². The highest BCUT2D eigenvalue weighted by Gasteiger charge is 2.14. The van der Waals surface area contributed by atoms with Gasteiger partial charge in [0.05, 0.1) is 6.10 Å². The Labute approximate surface area is 109 Å². The van der Waals surface area contributed by atoms with E-state index in [0.717, 1.165) is 24.4 Å². The van der Waals surface area contributed by atoms with Gasteiger partial charge in [-0.25, -0.2) is 0 Å². The molecule has 2 nitrogen and oxygen atoms in total. The van der Waals surface area contributed by atoms with E-state index in [1.807, 2.05) is 18.2 Å². The summed E-state index contributed by atoms with van der Waals surface area (Å²) in [6.07, 6.45) is 2.32. The van der Waals surface area contributed by atoms with Gasteiger partial charge in [0.15, 0.2) is 0 Å². The molecule has 0 aliphatic carbocycles. The van der Waals surface area contributed by atoms with Gasteiger partial charge in [0.25, 0.3) is 0 Å². The van der Waals surface area contributed by atoms with Gasteiger partial charge in [-0.3, -0.25) is 0 Å². The van der Waals surface area contributed by atoms with Crippen molar-refractivity contribution in [3.63, 3.8) is 0 Å². The molecule has 0 spiro atoms. The minimum Gasteiger partial charge on any atom is -0.382 e. The largest absolute Gasteiger partial charge is 0.382 e. The van der Waals surface area contributed by atoms with E-state index in [1.165, 1.54) is 5.56 Å². The first-order valence-electron chi connectivity index (χ1n) is 6.19. The predicted octanol–water partition coefficient (Wildman–Crippen LogP) is 3.81. The molecule has 0 aliphatic heterocycles. The van der Waals surface area contributed by atoms with Crippen molar-refractivity contribution in [2.45, 2.75) is 38.8 Å². The molecule has 2 atom stereocenters. The molecule has 0 saturated heterocycles. The molecule has 0 heterocycles. The third kappa shape index (κ3) is 5.07. The molecule has 1 rings (SSSR count). The lowest BCUT2D eigenvalue weighted by Gasteiger charge is -2.22. The first-order valence-corrected chi connectivity index (χ1v) is 6.56. The molecule has 1 aromatic rings. The van der Waals surface area contributed by atoms with E-state index >= 15 is 0 Å². The molecular weight excluding hydrogens is 234 g/mol. The molecule has 0 aliphatic rings. The Hall–Kier alpha value is -0.570. The van der Waals surface area contributed by atoms with E-state index in [0.29, 0.717) is 6.04 Å². The number of rotatable bonds is 7. The average molecular weight is 256 g/mol. The number of benzene rings is 1. The van der Waals surface area contributed by atoms with Crippen LogP contribution >= 0.6 is 11.6 Å². The standard InChI is InChI=1S/C14H22ClNO/c1-4-8-16-14(9-11(2)17-3)12-6-5-7-13(15)10-12/h5-7,10-11,14,16H,4,8-9H2,1-3H3. The van der Waals surface area contributed by atoms with Crippen LogP contribution in [0.4, 0.5) is 0 Å². The van der Waals surface area contributed by atoms with Crippen molar-refractivity contribution in [2.75, 3.05) is 13.7 Å². The van der Waals surface area contributed by atoms with Crippen LogP contribution in [0.25, 0.3) is 0 Å². The molecular formula is C14H22ClNO. The minimum absolute atomic E-state index is 0.239. The van der Waals surface area contributed by atoms with Crippen molar-refractivity contribution in [2.24, 2.45) is 0 Å². The lowest BCUT2D eigenvalue weighted by Crippen LogP contribution is -2.26. The molecule has 17 heavy (non-hydrogen) atoms. The van der Waals surface area contributed by atoms with Gasteiger partial charge in [-0.2, -0.15) is 0 Å². The van der Waals surface area contributed by atoms with Crippen molar-refractivity contribution in [3.8, 4) is 0 Å². The van der Waals surface area contributed by atoms with E-state index in [9.17, 15) is 0 Å². The summed E-state index contributed by atoms with van der Waals surface area (Å²) in [6.45, 7) is 5.26. The number of hydrogen-bond acceptors (Lipinski definition) is 2. The smallest absolute Gasteiger partial charge is 0.0561 e. The number of methoxy groups -OCH3 is 1. The summed E-state index contributed by atoms with van der Waals surface area (Å²) in [5, 5.41) is 4.33. The first kappa shape index (κ1) is 14.5. The van der Waals surface area contributed by atoms with Crippen LogP contribution in [0, 0.1) is 0 Å². The van der Waals surface area contributed by atoms with Crippen LogP contribution in [0.1, 0.15) is 38.3 Å². The molecule has 96 valence electrons. The maximum Gasteiger partial charge on any atom is 0.0561 e. The monoisotopic (exact) mass is 255 g/mol. The van der Waals surface area contributed by atoms with Crippen LogP contribution in [0.2, 0.25) is 5.02 Å². The van der Waals surface area contributed by atoms with Crippen LogP contribution in [0.3, 0.4) is 0 Å². The summed E-state index contributed by atoms with van der Waals surface area (Å²) < 4.78 is 5.34. The van der Waals surface area contributed by atoms with Crippen LogP contribution in [0.15, 0.2) is 24.3 Å². The van der Waals surface area contributed by atoms with Crippen LogP contribution in [-0.4, -0.2) is 19.8 Å². The topological polar surface area (TPSA) is 21.3 Å². The lowest BCUT2D eigenvalue weighted by molar-refractivity contribution is 0.100. The van der Waals surface area contributed by atoms with Crippen molar-refractivity contribution < 1.29 is 4.74 Å². The van der Waals surface area contributed by atoms with E-state index < -0.39 is 0 Å². The van der Waals surface area contributed by atoms with Gasteiger partial charge in [0, 0.05) is 18.2 Å². The summed E-state index contributed by atoms with van der Waals surface area (Å²) in [4.78, 5) is 0. The van der Waals surface area contributed by atoms with Gasteiger partial charge in [0.2, 0.25) is 0 Å². The molecule has 0 aromatic heterocycles. The quantitative estimate of drug-likeness (QED) is 0.800. The zero-order valence-corrected chi connectivity index (χ0v) is 11.6. The lowest BCUT2D eigenvalue weighted by atomic mass is 10.0. The Morgan fingerprint density at radius 2 is 2.18 bits per heavy atom. The molecule has 3 heteroatoms. The molecule has 0 amide bonds. The second-order valence-electron chi connectivity index (χ2n) is 4.34. The van der Waals surface area contributed by atoms with Gasteiger partial charge in [-0.1, -0.05) is 30.7 Å². The highest BCUT2D eigenvalue weighted by Crippen LogP contribution is 2.22. The molecule has 0 fully saturated rings. The fraction of sp³-hybridized carbons (Fsp3) is 0.571. The normalized spacial score (nSPS) is 14.6. The molecule has 1 aromatic carbocycles. The fourth-order valence-corrected chi connectivity index (χ4v) is 2.01. The maximum atomic E-state index is 6.03. The van der Waals surface area contributed by atoms with Gasteiger partial charge in [-0.05, 0) is 44.0 Å². The number of halogens is 1. The Morgan fingerprint density at radius 1 is 1.41 bits per heavy atom. The zero-order valence-electron chi connectivity index (χ0n) is 10.9. The number of nitrogens with one attached hydrogen (secondary N) is 1. The SMILES string of the molecule is CCCNC(CC(C)OC)c1cccc(Cl)c1. The highest BCUT2D eigenvalue weighted by atomic mass is 35.5. The zero-order chi connectivity index (χ0) is 12.7. The second kappa shape index (κ2) is 7.70. The van der Waals surface area contributed by atoms with E-state index in [-0.39, 0.29) is 6.10 Å². The summed E-state index contributed by atoms with van der Waals surface area (Å²) >= 11 is 6.03. The molecule has 2 unspecified atom stereocenters.